The molecule has 0 amide bonds. The average Bonchev–Trinajstić information content (AvgIpc) is 3.14. The molecule has 6 rings (SSSR count). The summed E-state index contributed by atoms with van der Waals surface area (Å²) < 4.78 is 11.0. The smallest absolute Gasteiger partial charge is 0.170 e. The van der Waals surface area contributed by atoms with Crippen molar-refractivity contribution in [2.75, 3.05) is 11.9 Å². The Balaban J connectivity index is 1.11. The summed E-state index contributed by atoms with van der Waals surface area (Å²) in [5.74, 6) is 2.21. The van der Waals surface area contributed by atoms with Gasteiger partial charge in [-0.1, -0.05) is 28.4 Å². The van der Waals surface area contributed by atoms with Crippen molar-refractivity contribution in [3.8, 4) is 17.1 Å². The van der Waals surface area contributed by atoms with E-state index in [9.17, 15) is 4.79 Å². The summed E-state index contributed by atoms with van der Waals surface area (Å²) in [6.07, 6.45) is 3.46. The molecule has 0 spiro atoms. The van der Waals surface area contributed by atoms with Gasteiger partial charge >= 0.3 is 0 Å². The fourth-order valence-corrected chi connectivity index (χ4v) is 5.09. The Hall–Kier alpha value is -2.50. The summed E-state index contributed by atoms with van der Waals surface area (Å²) in [5.41, 5.74) is 1.07. The van der Waals surface area contributed by atoms with Crippen molar-refractivity contribution in [3.05, 3.63) is 64.6 Å². The van der Waals surface area contributed by atoms with Gasteiger partial charge in [-0.15, -0.1) is 0 Å². The molecule has 30 heavy (non-hydrogen) atoms. The third-order valence-corrected chi connectivity index (χ3v) is 6.46. The van der Waals surface area contributed by atoms with Crippen LogP contribution in [-0.2, 0) is 4.79 Å². The monoisotopic (exact) mass is 442 g/mol. The molecule has 7 heteroatoms. The van der Waals surface area contributed by atoms with Crippen molar-refractivity contribution in [2.45, 2.75) is 31.2 Å². The van der Waals surface area contributed by atoms with Gasteiger partial charge in [0.1, 0.15) is 12.4 Å². The van der Waals surface area contributed by atoms with Gasteiger partial charge in [0.25, 0.3) is 0 Å². The molecule has 0 atom stereocenters. The van der Waals surface area contributed by atoms with E-state index in [0.29, 0.717) is 28.0 Å². The first kappa shape index (κ1) is 19.5. The molecule has 1 N–H and O–H groups in total. The van der Waals surface area contributed by atoms with Gasteiger partial charge in [0, 0.05) is 33.6 Å². The molecule has 0 saturated heterocycles. The predicted molar refractivity (Wildman–Crippen MR) is 116 cm³/mol. The Bertz CT molecular complexity index is 1060. The van der Waals surface area contributed by atoms with Gasteiger partial charge in [0.2, 0.25) is 0 Å². The Labute approximate surface area is 184 Å². The number of anilines is 1. The molecule has 3 aliphatic rings. The van der Waals surface area contributed by atoms with Gasteiger partial charge in [-0.3, -0.25) is 4.79 Å². The van der Waals surface area contributed by atoms with Crippen molar-refractivity contribution in [1.29, 1.82) is 0 Å². The molecule has 3 aromatic rings. The Morgan fingerprint density at radius 2 is 1.67 bits per heavy atom. The Morgan fingerprint density at radius 3 is 2.33 bits per heavy atom. The summed E-state index contributed by atoms with van der Waals surface area (Å²) in [6.45, 7) is 0.0948. The molecule has 3 fully saturated rings. The van der Waals surface area contributed by atoms with E-state index in [2.05, 4.69) is 10.5 Å². The summed E-state index contributed by atoms with van der Waals surface area (Å²) in [5, 5.41) is 8.97. The van der Waals surface area contributed by atoms with E-state index in [1.54, 1.807) is 24.3 Å². The van der Waals surface area contributed by atoms with Crippen LogP contribution in [0.2, 0.25) is 10.0 Å². The lowest BCUT2D eigenvalue weighted by Gasteiger charge is -2.70. The standard InChI is InChI=1S/C23H20Cl2N2O3/c24-16-3-1-15(2-4-16)20-9-21(27-30-20)26-23-12-22(13-23,14-23)10-18(28)11-29-19-7-5-17(25)6-8-19/h1-9H,10-14H2,(H,26,27). The first-order valence-corrected chi connectivity index (χ1v) is 10.6. The zero-order valence-corrected chi connectivity index (χ0v) is 17.7. The number of carbonyl (C=O) groups is 1. The number of Topliss-reactive ketones (excluding diaryl/α,β-unsaturated/α-hetero) is 1. The minimum Gasteiger partial charge on any atom is -0.486 e. The molecule has 2 bridgehead atoms. The normalized spacial score (nSPS) is 23.9. The van der Waals surface area contributed by atoms with Crippen LogP contribution in [0.25, 0.3) is 11.3 Å². The van der Waals surface area contributed by atoms with Crippen LogP contribution in [0.1, 0.15) is 25.7 Å². The lowest BCUT2D eigenvalue weighted by Crippen LogP contribution is -2.71. The van der Waals surface area contributed by atoms with E-state index in [1.165, 1.54) is 0 Å². The number of carbonyl (C=O) groups excluding carboxylic acids is 1. The van der Waals surface area contributed by atoms with Crippen LogP contribution < -0.4 is 10.1 Å². The number of ether oxygens (including phenoxy) is 1. The quantitative estimate of drug-likeness (QED) is 0.461. The molecule has 2 aromatic carbocycles. The van der Waals surface area contributed by atoms with Gasteiger partial charge in [-0.05, 0) is 73.2 Å². The highest BCUT2D eigenvalue weighted by molar-refractivity contribution is 6.30. The number of benzene rings is 2. The van der Waals surface area contributed by atoms with Gasteiger partial charge in [0.05, 0.1) is 0 Å². The fourth-order valence-electron chi connectivity index (χ4n) is 4.84. The molecular formula is C23H20Cl2N2O3. The second-order valence-corrected chi connectivity index (χ2v) is 9.35. The minimum absolute atomic E-state index is 0.0332. The number of ketones is 1. The van der Waals surface area contributed by atoms with Gasteiger partial charge < -0.3 is 14.6 Å². The molecule has 3 aliphatic carbocycles. The van der Waals surface area contributed by atoms with E-state index < -0.39 is 0 Å². The topological polar surface area (TPSA) is 64.4 Å². The molecular weight excluding hydrogens is 423 g/mol. The van der Waals surface area contributed by atoms with Crippen LogP contribution in [0, 0.1) is 5.41 Å². The van der Waals surface area contributed by atoms with E-state index in [0.717, 1.165) is 30.6 Å². The molecule has 0 aliphatic heterocycles. The number of hydrogen-bond acceptors (Lipinski definition) is 5. The van der Waals surface area contributed by atoms with Crippen molar-refractivity contribution >= 4 is 34.8 Å². The van der Waals surface area contributed by atoms with E-state index in [-0.39, 0.29) is 23.3 Å². The molecule has 1 heterocycles. The van der Waals surface area contributed by atoms with Crippen LogP contribution in [-0.4, -0.2) is 23.1 Å². The SMILES string of the molecule is O=C(COc1ccc(Cl)cc1)CC12CC(Nc3cc(-c4ccc(Cl)cc4)on3)(C1)C2. The molecule has 154 valence electrons. The lowest BCUT2D eigenvalue weighted by atomic mass is 9.38. The van der Waals surface area contributed by atoms with Crippen LogP contribution in [0.4, 0.5) is 5.82 Å². The highest BCUT2D eigenvalue weighted by Crippen LogP contribution is 2.70. The number of nitrogens with zero attached hydrogens (tertiary/aromatic N) is 1. The maximum absolute atomic E-state index is 12.4. The summed E-state index contributed by atoms with van der Waals surface area (Å²) in [6, 6.07) is 16.4. The summed E-state index contributed by atoms with van der Waals surface area (Å²) >= 11 is 11.8. The second kappa shape index (κ2) is 7.33. The fraction of sp³-hybridized carbons (Fsp3) is 0.304. The zero-order valence-electron chi connectivity index (χ0n) is 16.2. The molecule has 5 nitrogen and oxygen atoms in total. The second-order valence-electron chi connectivity index (χ2n) is 8.48. The first-order valence-electron chi connectivity index (χ1n) is 9.84. The average molecular weight is 443 g/mol. The van der Waals surface area contributed by atoms with E-state index in [1.807, 2.05) is 30.3 Å². The lowest BCUT2D eigenvalue weighted by molar-refractivity contribution is -0.147. The van der Waals surface area contributed by atoms with Crippen LogP contribution >= 0.6 is 23.2 Å². The van der Waals surface area contributed by atoms with Crippen LogP contribution in [0.15, 0.2) is 59.1 Å². The number of aromatic nitrogens is 1. The van der Waals surface area contributed by atoms with Gasteiger partial charge in [0.15, 0.2) is 17.4 Å². The largest absolute Gasteiger partial charge is 0.486 e. The van der Waals surface area contributed by atoms with Crippen molar-refractivity contribution in [2.24, 2.45) is 5.41 Å². The van der Waals surface area contributed by atoms with Gasteiger partial charge in [-0.25, -0.2) is 0 Å². The molecule has 0 unspecified atom stereocenters. The third kappa shape index (κ3) is 3.80. The molecule has 1 aromatic heterocycles. The zero-order chi connectivity index (χ0) is 20.8. The molecule has 3 saturated carbocycles. The Kier molecular flexibility index (Phi) is 4.75. The number of rotatable bonds is 8. The maximum atomic E-state index is 12.4. The summed E-state index contributed by atoms with van der Waals surface area (Å²) in [4.78, 5) is 12.4. The van der Waals surface area contributed by atoms with Crippen LogP contribution in [0.5, 0.6) is 5.75 Å². The van der Waals surface area contributed by atoms with Crippen LogP contribution in [0.3, 0.4) is 0 Å². The van der Waals surface area contributed by atoms with Crippen molar-refractivity contribution in [1.82, 2.24) is 5.16 Å². The van der Waals surface area contributed by atoms with E-state index in [4.69, 9.17) is 32.5 Å². The summed E-state index contributed by atoms with van der Waals surface area (Å²) in [7, 11) is 0. The van der Waals surface area contributed by atoms with E-state index >= 15 is 0 Å². The minimum atomic E-state index is 0.0332. The third-order valence-electron chi connectivity index (χ3n) is 5.96. The number of hydrogen-bond donors (Lipinski definition) is 1. The number of halogens is 2. The van der Waals surface area contributed by atoms with Crippen molar-refractivity contribution < 1.29 is 14.1 Å². The highest BCUT2D eigenvalue weighted by Gasteiger charge is 2.68. The Morgan fingerprint density at radius 1 is 1.03 bits per heavy atom. The van der Waals surface area contributed by atoms with Crippen molar-refractivity contribution in [3.63, 3.8) is 0 Å². The number of nitrogens with one attached hydrogen (secondary N) is 1. The highest BCUT2D eigenvalue weighted by atomic mass is 35.5. The predicted octanol–water partition coefficient (Wildman–Crippen LogP) is 6.02. The molecule has 0 radical (unpaired) electrons. The first-order chi connectivity index (χ1) is 14.4. The maximum Gasteiger partial charge on any atom is 0.170 e. The van der Waals surface area contributed by atoms with Gasteiger partial charge in [-0.2, -0.15) is 0 Å².